The fraction of sp³-hybridized carbons (Fsp3) is 0.250. The third kappa shape index (κ3) is 2.92. The monoisotopic (exact) mass is 187 g/mol. The fourth-order valence-corrected chi connectivity index (χ4v) is 0.790. The molecule has 1 nitrogen and oxygen atoms in total. The first-order chi connectivity index (χ1) is 6.53. The second-order valence-electron chi connectivity index (χ2n) is 3.49. The normalized spacial score (nSPS) is 9.86. The molecule has 0 radical (unpaired) electrons. The van der Waals surface area contributed by atoms with E-state index in [1.165, 1.54) is 12.1 Å². The Morgan fingerprint density at radius 2 is 1.79 bits per heavy atom. The first kappa shape index (κ1) is 10.3. The summed E-state index contributed by atoms with van der Waals surface area (Å²) in [6, 6.07) is 7.96. The van der Waals surface area contributed by atoms with Crippen molar-refractivity contribution in [2.75, 3.05) is 0 Å². The molecule has 0 unspecified atom stereocenters. The lowest BCUT2D eigenvalue weighted by Gasteiger charge is -2.02. The molecule has 70 valence electrons. The summed E-state index contributed by atoms with van der Waals surface area (Å²) in [5, 5.41) is 8.70. The van der Waals surface area contributed by atoms with Gasteiger partial charge in [-0.1, -0.05) is 11.8 Å². The molecule has 0 aromatic heterocycles. The lowest BCUT2D eigenvalue weighted by Crippen LogP contribution is -2.02. The maximum absolute atomic E-state index is 12.5. The molecule has 1 aromatic rings. The minimum absolute atomic E-state index is 0.282. The van der Waals surface area contributed by atoms with E-state index in [1.807, 2.05) is 0 Å². The number of hydrogen-bond donors (Lipinski definition) is 0. The van der Waals surface area contributed by atoms with Gasteiger partial charge in [0.25, 0.3) is 0 Å². The highest BCUT2D eigenvalue weighted by Gasteiger charge is 2.10. The summed E-state index contributed by atoms with van der Waals surface area (Å²) >= 11 is 0. The quantitative estimate of drug-likeness (QED) is 0.573. The van der Waals surface area contributed by atoms with E-state index in [1.54, 1.807) is 26.0 Å². The van der Waals surface area contributed by atoms with Gasteiger partial charge in [0.15, 0.2) is 0 Å². The molecule has 0 amide bonds. The van der Waals surface area contributed by atoms with Crippen LogP contribution in [0, 0.1) is 34.4 Å². The molecule has 0 aliphatic carbocycles. The van der Waals surface area contributed by atoms with Gasteiger partial charge < -0.3 is 0 Å². The van der Waals surface area contributed by atoms with Crippen LogP contribution in [0.5, 0.6) is 0 Å². The Kier molecular flexibility index (Phi) is 2.89. The molecule has 0 fully saturated rings. The van der Waals surface area contributed by atoms with Crippen LogP contribution in [0.2, 0.25) is 0 Å². The number of halogens is 1. The Labute approximate surface area is 83.2 Å². The molecular formula is C12H10FN. The molecule has 0 aliphatic rings. The second kappa shape index (κ2) is 3.94. The van der Waals surface area contributed by atoms with Gasteiger partial charge in [-0.2, -0.15) is 5.26 Å². The zero-order chi connectivity index (χ0) is 10.6. The molecule has 0 spiro atoms. The van der Waals surface area contributed by atoms with Gasteiger partial charge in [0.2, 0.25) is 0 Å². The molecule has 2 heteroatoms. The van der Waals surface area contributed by atoms with Crippen LogP contribution < -0.4 is 0 Å². The predicted octanol–water partition coefficient (Wildman–Crippen LogP) is 2.73. The van der Waals surface area contributed by atoms with E-state index in [2.05, 4.69) is 17.9 Å². The van der Waals surface area contributed by atoms with Gasteiger partial charge in [0.05, 0.1) is 6.07 Å². The molecule has 0 N–H and O–H groups in total. The SMILES string of the molecule is CC(C)(C#N)C#Cc1ccc(F)cc1. The summed E-state index contributed by atoms with van der Waals surface area (Å²) in [4.78, 5) is 0. The Bertz CT molecular complexity index is 412. The predicted molar refractivity (Wildman–Crippen MR) is 52.7 cm³/mol. The summed E-state index contributed by atoms with van der Waals surface area (Å²) in [5.41, 5.74) is 0.0590. The van der Waals surface area contributed by atoms with Crippen molar-refractivity contribution in [1.29, 1.82) is 5.26 Å². The molecule has 14 heavy (non-hydrogen) atoms. The average molecular weight is 187 g/mol. The van der Waals surface area contributed by atoms with E-state index in [0.29, 0.717) is 0 Å². The number of benzene rings is 1. The van der Waals surface area contributed by atoms with E-state index in [9.17, 15) is 4.39 Å². The largest absolute Gasteiger partial charge is 0.207 e. The average Bonchev–Trinajstić information content (AvgIpc) is 2.17. The maximum atomic E-state index is 12.5. The van der Waals surface area contributed by atoms with Crippen LogP contribution in [0.1, 0.15) is 19.4 Å². The van der Waals surface area contributed by atoms with Crippen molar-refractivity contribution in [1.82, 2.24) is 0 Å². The summed E-state index contributed by atoms with van der Waals surface area (Å²) < 4.78 is 12.5. The van der Waals surface area contributed by atoms with E-state index in [-0.39, 0.29) is 5.82 Å². The second-order valence-corrected chi connectivity index (χ2v) is 3.49. The van der Waals surface area contributed by atoms with Crippen LogP contribution in [0.4, 0.5) is 4.39 Å². The molecule has 1 aromatic carbocycles. The first-order valence-electron chi connectivity index (χ1n) is 4.23. The van der Waals surface area contributed by atoms with Crippen molar-refractivity contribution in [3.8, 4) is 17.9 Å². The molecule has 0 bridgehead atoms. The summed E-state index contributed by atoms with van der Waals surface area (Å²) in [5.74, 6) is 5.35. The molecule has 0 aliphatic heterocycles. The Morgan fingerprint density at radius 1 is 1.21 bits per heavy atom. The van der Waals surface area contributed by atoms with Crippen LogP contribution >= 0.6 is 0 Å². The zero-order valence-corrected chi connectivity index (χ0v) is 8.13. The van der Waals surface area contributed by atoms with Crippen molar-refractivity contribution in [3.05, 3.63) is 35.6 Å². The molecular weight excluding hydrogens is 177 g/mol. The van der Waals surface area contributed by atoms with Crippen molar-refractivity contribution < 1.29 is 4.39 Å². The minimum atomic E-state index is -0.658. The standard InChI is InChI=1S/C12H10FN/c1-12(2,9-14)8-7-10-3-5-11(13)6-4-10/h3-6H,1-2H3. The molecule has 0 saturated carbocycles. The topological polar surface area (TPSA) is 23.8 Å². The first-order valence-corrected chi connectivity index (χ1v) is 4.23. The number of nitriles is 1. The van der Waals surface area contributed by atoms with Gasteiger partial charge in [-0.3, -0.25) is 0 Å². The van der Waals surface area contributed by atoms with Gasteiger partial charge in [0, 0.05) is 5.56 Å². The van der Waals surface area contributed by atoms with Crippen molar-refractivity contribution in [2.24, 2.45) is 5.41 Å². The summed E-state index contributed by atoms with van der Waals surface area (Å²) in [7, 11) is 0. The third-order valence-corrected chi connectivity index (χ3v) is 1.64. The highest BCUT2D eigenvalue weighted by Crippen LogP contribution is 2.11. The Balaban J connectivity index is 2.90. The third-order valence-electron chi connectivity index (χ3n) is 1.64. The number of rotatable bonds is 0. The van der Waals surface area contributed by atoms with Gasteiger partial charge in [0.1, 0.15) is 11.2 Å². The number of nitrogens with zero attached hydrogens (tertiary/aromatic N) is 1. The van der Waals surface area contributed by atoms with Crippen LogP contribution in [0.25, 0.3) is 0 Å². The lowest BCUT2D eigenvalue weighted by atomic mass is 9.96. The number of hydrogen-bond acceptors (Lipinski definition) is 1. The van der Waals surface area contributed by atoms with E-state index in [0.717, 1.165) is 5.56 Å². The summed E-state index contributed by atoms with van der Waals surface area (Å²) in [6.45, 7) is 3.48. The van der Waals surface area contributed by atoms with Crippen LogP contribution in [0.3, 0.4) is 0 Å². The van der Waals surface area contributed by atoms with Gasteiger partial charge in [-0.15, -0.1) is 0 Å². The van der Waals surface area contributed by atoms with E-state index in [4.69, 9.17) is 5.26 Å². The molecule has 0 saturated heterocycles. The maximum Gasteiger partial charge on any atom is 0.123 e. The smallest absolute Gasteiger partial charge is 0.123 e. The lowest BCUT2D eigenvalue weighted by molar-refractivity contribution is 0.627. The van der Waals surface area contributed by atoms with E-state index >= 15 is 0 Å². The van der Waals surface area contributed by atoms with Crippen LogP contribution in [-0.2, 0) is 0 Å². The van der Waals surface area contributed by atoms with Gasteiger partial charge in [-0.05, 0) is 38.1 Å². The van der Waals surface area contributed by atoms with Crippen molar-refractivity contribution in [3.63, 3.8) is 0 Å². The van der Waals surface area contributed by atoms with Crippen LogP contribution in [0.15, 0.2) is 24.3 Å². The highest BCUT2D eigenvalue weighted by molar-refractivity contribution is 5.36. The molecule has 0 atom stereocenters. The highest BCUT2D eigenvalue weighted by atomic mass is 19.1. The minimum Gasteiger partial charge on any atom is -0.207 e. The zero-order valence-electron chi connectivity index (χ0n) is 8.13. The van der Waals surface area contributed by atoms with Gasteiger partial charge in [-0.25, -0.2) is 4.39 Å². The van der Waals surface area contributed by atoms with Crippen molar-refractivity contribution >= 4 is 0 Å². The summed E-state index contributed by atoms with van der Waals surface area (Å²) in [6.07, 6.45) is 0. The van der Waals surface area contributed by atoms with E-state index < -0.39 is 5.41 Å². The van der Waals surface area contributed by atoms with Crippen molar-refractivity contribution in [2.45, 2.75) is 13.8 Å². The van der Waals surface area contributed by atoms with Crippen LogP contribution in [-0.4, -0.2) is 0 Å². The Hall–Kier alpha value is -1.80. The Morgan fingerprint density at radius 3 is 2.29 bits per heavy atom. The molecule has 0 heterocycles. The fourth-order valence-electron chi connectivity index (χ4n) is 0.790. The molecule has 1 rings (SSSR count). The van der Waals surface area contributed by atoms with Gasteiger partial charge >= 0.3 is 0 Å².